The first-order valence-corrected chi connectivity index (χ1v) is 11.3. The first-order chi connectivity index (χ1) is 13.4. The van der Waals surface area contributed by atoms with Crippen LogP contribution in [0, 0.1) is 18.3 Å². The first kappa shape index (κ1) is 19.4. The number of anilines is 1. The molecule has 1 aromatic heterocycles. The molecule has 2 heterocycles. The van der Waals surface area contributed by atoms with Crippen LogP contribution in [-0.2, 0) is 4.79 Å². The van der Waals surface area contributed by atoms with Crippen LogP contribution in [0.5, 0.6) is 0 Å². The van der Waals surface area contributed by atoms with E-state index in [1.165, 1.54) is 0 Å². The number of nitrogens with two attached hydrogens (primary N) is 1. The molecule has 142 valence electrons. The lowest BCUT2D eigenvalue weighted by Crippen LogP contribution is -2.38. The Hall–Kier alpha value is -1.88. The zero-order valence-electron chi connectivity index (χ0n) is 15.1. The van der Waals surface area contributed by atoms with Crippen molar-refractivity contribution in [3.05, 3.63) is 71.7 Å². The van der Waals surface area contributed by atoms with E-state index in [2.05, 4.69) is 37.9 Å². The predicted octanol–water partition coefficient (Wildman–Crippen LogP) is 5.89. The van der Waals surface area contributed by atoms with E-state index in [-0.39, 0.29) is 5.78 Å². The van der Waals surface area contributed by atoms with Gasteiger partial charge < -0.3 is 5.73 Å². The molecule has 28 heavy (non-hydrogen) atoms. The number of allylic oxidation sites excluding steroid dienone is 3. The summed E-state index contributed by atoms with van der Waals surface area (Å²) in [6.07, 6.45) is 2.04. The normalized spacial score (nSPS) is 19.7. The number of nitriles is 1. The Bertz CT molecular complexity index is 1070. The summed E-state index contributed by atoms with van der Waals surface area (Å²) in [5.41, 5.74) is 9.46. The van der Waals surface area contributed by atoms with Gasteiger partial charge in [-0.25, -0.2) is 0 Å². The number of hydrogen-bond acceptors (Lipinski definition) is 5. The molecule has 2 aromatic rings. The van der Waals surface area contributed by atoms with E-state index in [4.69, 9.17) is 5.73 Å². The number of thiophene rings is 1. The van der Waals surface area contributed by atoms with Gasteiger partial charge in [-0.15, -0.1) is 11.3 Å². The average Bonchev–Trinajstić information content (AvgIpc) is 3.00. The highest BCUT2D eigenvalue weighted by Gasteiger charge is 2.41. The number of carbonyl (C=O) groups excluding carboxylic acids is 1. The molecule has 7 heteroatoms. The number of carbonyl (C=O) groups is 1. The van der Waals surface area contributed by atoms with Crippen LogP contribution in [0.1, 0.15) is 34.9 Å². The lowest BCUT2D eigenvalue weighted by Gasteiger charge is -2.39. The second-order valence-electron chi connectivity index (χ2n) is 6.82. The summed E-state index contributed by atoms with van der Waals surface area (Å²) in [4.78, 5) is 17.0. The number of rotatable bonds is 2. The van der Waals surface area contributed by atoms with Crippen molar-refractivity contribution in [2.24, 2.45) is 5.73 Å². The molecule has 1 unspecified atom stereocenters. The second-order valence-corrected chi connectivity index (χ2v) is 9.82. The van der Waals surface area contributed by atoms with E-state index in [0.29, 0.717) is 23.4 Å². The van der Waals surface area contributed by atoms with Gasteiger partial charge in [-0.1, -0.05) is 12.1 Å². The van der Waals surface area contributed by atoms with Gasteiger partial charge in [-0.05, 0) is 69.8 Å². The fourth-order valence-electron chi connectivity index (χ4n) is 3.90. The Morgan fingerprint density at radius 1 is 1.25 bits per heavy atom. The smallest absolute Gasteiger partial charge is 0.161 e. The molecular formula is C21H17Br2N3OS. The predicted molar refractivity (Wildman–Crippen MR) is 119 cm³/mol. The maximum atomic E-state index is 13.1. The van der Waals surface area contributed by atoms with Gasteiger partial charge in [0.15, 0.2) is 5.78 Å². The SMILES string of the molecule is Cc1sc(C2C(C#N)=C(N)N(c3ccccc3Br)C3=C2C(=O)CCC3)cc1Br. The minimum absolute atomic E-state index is 0.103. The topological polar surface area (TPSA) is 70.1 Å². The van der Waals surface area contributed by atoms with E-state index < -0.39 is 5.92 Å². The standard InChI is InChI=1S/C21H17Br2N3OS/c1-11-14(23)9-18(28-11)19-12(10-24)21(25)26(15-6-3-2-5-13(15)22)16-7-4-8-17(27)20(16)19/h2-3,5-6,9,19H,4,7-8,25H2,1H3. The summed E-state index contributed by atoms with van der Waals surface area (Å²) in [6.45, 7) is 2.02. The highest BCUT2D eigenvalue weighted by Crippen LogP contribution is 2.49. The highest BCUT2D eigenvalue weighted by atomic mass is 79.9. The summed E-state index contributed by atoms with van der Waals surface area (Å²) >= 11 is 8.75. The molecule has 0 bridgehead atoms. The Morgan fingerprint density at radius 3 is 2.64 bits per heavy atom. The summed E-state index contributed by atoms with van der Waals surface area (Å²) in [7, 11) is 0. The zero-order valence-corrected chi connectivity index (χ0v) is 19.1. The molecular weight excluding hydrogens is 502 g/mol. The third kappa shape index (κ3) is 3.04. The van der Waals surface area contributed by atoms with Crippen LogP contribution in [0.2, 0.25) is 0 Å². The Balaban J connectivity index is 2.00. The minimum atomic E-state index is -0.401. The lowest BCUT2D eigenvalue weighted by molar-refractivity contribution is -0.116. The van der Waals surface area contributed by atoms with Gasteiger partial charge in [0.25, 0.3) is 0 Å². The molecule has 2 N–H and O–H groups in total. The summed E-state index contributed by atoms with van der Waals surface area (Å²) < 4.78 is 1.86. The van der Waals surface area contributed by atoms with Crippen LogP contribution in [0.15, 0.2) is 61.9 Å². The number of ketones is 1. The monoisotopic (exact) mass is 517 g/mol. The third-order valence-electron chi connectivity index (χ3n) is 5.17. The van der Waals surface area contributed by atoms with Gasteiger partial charge in [-0.2, -0.15) is 5.26 Å². The molecule has 1 aliphatic heterocycles. The molecule has 0 fully saturated rings. The Morgan fingerprint density at radius 2 is 2.00 bits per heavy atom. The largest absolute Gasteiger partial charge is 0.384 e. The molecule has 0 radical (unpaired) electrons. The molecule has 0 saturated heterocycles. The van der Waals surface area contributed by atoms with E-state index in [1.54, 1.807) is 11.3 Å². The van der Waals surface area contributed by atoms with Crippen molar-refractivity contribution in [1.29, 1.82) is 5.26 Å². The van der Waals surface area contributed by atoms with Crippen molar-refractivity contribution in [2.45, 2.75) is 32.1 Å². The van der Waals surface area contributed by atoms with Crippen molar-refractivity contribution in [3.63, 3.8) is 0 Å². The number of aryl methyl sites for hydroxylation is 1. The number of Topliss-reactive ketones (excluding diaryl/α,β-unsaturated/α-hetero) is 1. The van der Waals surface area contributed by atoms with E-state index in [1.807, 2.05) is 42.2 Å². The highest BCUT2D eigenvalue weighted by molar-refractivity contribution is 9.11. The van der Waals surface area contributed by atoms with Gasteiger partial charge in [0.1, 0.15) is 5.82 Å². The molecule has 0 saturated carbocycles. The van der Waals surface area contributed by atoms with Gasteiger partial charge in [0.05, 0.1) is 23.2 Å². The Kier molecular flexibility index (Phi) is 5.21. The quantitative estimate of drug-likeness (QED) is 0.538. The molecule has 4 rings (SSSR count). The number of hydrogen-bond donors (Lipinski definition) is 1. The van der Waals surface area contributed by atoms with Crippen molar-refractivity contribution >= 4 is 54.7 Å². The van der Waals surface area contributed by atoms with Crippen molar-refractivity contribution in [1.82, 2.24) is 0 Å². The average molecular weight is 519 g/mol. The molecule has 1 atom stereocenters. The van der Waals surface area contributed by atoms with Gasteiger partial charge in [0.2, 0.25) is 0 Å². The Labute approximate surface area is 184 Å². The zero-order chi connectivity index (χ0) is 20.0. The van der Waals surface area contributed by atoms with Gasteiger partial charge in [-0.3, -0.25) is 9.69 Å². The van der Waals surface area contributed by atoms with Crippen LogP contribution in [0.25, 0.3) is 0 Å². The molecule has 1 aliphatic carbocycles. The number of benzene rings is 1. The van der Waals surface area contributed by atoms with Crippen LogP contribution in [0.4, 0.5) is 5.69 Å². The van der Waals surface area contributed by atoms with Crippen LogP contribution in [0.3, 0.4) is 0 Å². The van der Waals surface area contributed by atoms with Crippen molar-refractivity contribution in [3.8, 4) is 6.07 Å². The summed E-state index contributed by atoms with van der Waals surface area (Å²) in [5.74, 6) is 0.0993. The third-order valence-corrected chi connectivity index (χ3v) is 8.04. The van der Waals surface area contributed by atoms with Gasteiger partial charge in [0, 0.05) is 36.4 Å². The van der Waals surface area contributed by atoms with E-state index in [9.17, 15) is 10.1 Å². The fraction of sp³-hybridized carbons (Fsp3) is 0.238. The fourth-order valence-corrected chi connectivity index (χ4v) is 6.05. The molecule has 0 amide bonds. The second kappa shape index (κ2) is 7.51. The summed E-state index contributed by atoms with van der Waals surface area (Å²) in [6, 6.07) is 12.1. The van der Waals surface area contributed by atoms with Crippen LogP contribution in [-0.4, -0.2) is 5.78 Å². The van der Waals surface area contributed by atoms with Crippen LogP contribution >= 0.6 is 43.2 Å². The maximum absolute atomic E-state index is 13.1. The number of para-hydroxylation sites is 1. The van der Waals surface area contributed by atoms with E-state index in [0.717, 1.165) is 42.9 Å². The van der Waals surface area contributed by atoms with Crippen molar-refractivity contribution < 1.29 is 4.79 Å². The first-order valence-electron chi connectivity index (χ1n) is 8.90. The molecule has 0 spiro atoms. The molecule has 2 aliphatic rings. The minimum Gasteiger partial charge on any atom is -0.384 e. The lowest BCUT2D eigenvalue weighted by atomic mass is 9.78. The molecule has 1 aromatic carbocycles. The van der Waals surface area contributed by atoms with Gasteiger partial charge >= 0.3 is 0 Å². The maximum Gasteiger partial charge on any atom is 0.161 e. The number of nitrogens with zero attached hydrogens (tertiary/aromatic N) is 2. The summed E-state index contributed by atoms with van der Waals surface area (Å²) in [5, 5.41) is 10.0. The van der Waals surface area contributed by atoms with E-state index >= 15 is 0 Å². The number of halogens is 2. The molecule has 4 nitrogen and oxygen atoms in total. The van der Waals surface area contributed by atoms with Crippen LogP contribution < -0.4 is 10.6 Å². The van der Waals surface area contributed by atoms with Crippen molar-refractivity contribution in [2.75, 3.05) is 4.90 Å².